The fourth-order valence-corrected chi connectivity index (χ4v) is 3.46. The first kappa shape index (κ1) is 13.7. The average molecular weight is 299 g/mol. The summed E-state index contributed by atoms with van der Waals surface area (Å²) < 4.78 is 3.83. The Kier molecular flexibility index (Phi) is 11.3. The van der Waals surface area contributed by atoms with Crippen molar-refractivity contribution in [2.75, 3.05) is 17.6 Å². The zero-order chi connectivity index (χ0) is 9.94. The van der Waals surface area contributed by atoms with Crippen LogP contribution in [-0.4, -0.2) is 20.8 Å². The molecule has 0 aliphatic carbocycles. The second-order valence-electron chi connectivity index (χ2n) is 3.18. The molecule has 0 aliphatic heterocycles. The van der Waals surface area contributed by atoms with Gasteiger partial charge in [-0.15, -0.1) is 0 Å². The van der Waals surface area contributed by atoms with Crippen molar-refractivity contribution in [1.29, 1.82) is 0 Å². The maximum absolute atomic E-state index is 5.60. The molecule has 0 bridgehead atoms. The minimum absolute atomic E-state index is 0.245. The Bertz CT molecular complexity index is 94.9. The fraction of sp³-hybridized carbons (Fsp3) is 1.00. The normalized spacial score (nSPS) is 11.4. The summed E-state index contributed by atoms with van der Waals surface area (Å²) in [6.07, 6.45) is 7.03. The Balaban J connectivity index is 3.05. The van der Waals surface area contributed by atoms with E-state index in [-0.39, 0.29) is 21.5 Å². The van der Waals surface area contributed by atoms with Gasteiger partial charge >= 0.3 is 93.9 Å². The molecule has 0 fully saturated rings. The van der Waals surface area contributed by atoms with Gasteiger partial charge in [-0.05, 0) is 0 Å². The van der Waals surface area contributed by atoms with Crippen molar-refractivity contribution < 1.29 is 21.5 Å². The van der Waals surface area contributed by atoms with Crippen LogP contribution in [0.25, 0.3) is 0 Å². The average Bonchev–Trinajstić information content (AvgIpc) is 2.17. The van der Waals surface area contributed by atoms with E-state index >= 15 is 0 Å². The monoisotopic (exact) mass is 299 g/mol. The zero-order valence-corrected chi connectivity index (χ0v) is 11.2. The number of unbranched alkanes of at least 4 members (excludes halogenated alkanes) is 4. The summed E-state index contributed by atoms with van der Waals surface area (Å²) in [6.45, 7) is 6.36. The van der Waals surface area contributed by atoms with Crippen molar-refractivity contribution in [2.45, 2.75) is 46.0 Å². The van der Waals surface area contributed by atoms with Crippen LogP contribution in [0, 0.1) is 0 Å². The van der Waals surface area contributed by atoms with E-state index in [4.69, 9.17) is 5.73 Å². The molecule has 2 N–H and O–H groups in total. The third-order valence-corrected chi connectivity index (χ3v) is 5.32. The number of rotatable bonds is 9. The minimum atomic E-state index is 0.245. The van der Waals surface area contributed by atoms with Crippen molar-refractivity contribution >= 4 is 0 Å². The second kappa shape index (κ2) is 10.7. The fourth-order valence-electron chi connectivity index (χ4n) is 1.14. The molecule has 13 heavy (non-hydrogen) atoms. The van der Waals surface area contributed by atoms with Crippen molar-refractivity contribution in [3.8, 4) is 0 Å². The molecule has 0 aromatic heterocycles. The number of halogens is 1. The van der Waals surface area contributed by atoms with Gasteiger partial charge in [0.05, 0.1) is 0 Å². The number of hydrogen-bond acceptors (Lipinski definition) is 2. The SMILES string of the molecule is CCCCCCC[I-]N(CC)CN. The Hall–Kier alpha value is 0.650. The van der Waals surface area contributed by atoms with Crippen molar-refractivity contribution in [1.82, 2.24) is 3.11 Å². The van der Waals surface area contributed by atoms with Crippen molar-refractivity contribution in [3.63, 3.8) is 0 Å². The summed E-state index contributed by atoms with van der Waals surface area (Å²) in [6, 6.07) is 0. The van der Waals surface area contributed by atoms with Gasteiger partial charge in [0.25, 0.3) is 0 Å². The zero-order valence-electron chi connectivity index (χ0n) is 9.06. The Morgan fingerprint density at radius 2 is 1.77 bits per heavy atom. The summed E-state index contributed by atoms with van der Waals surface area (Å²) in [5.74, 6) is 0. The number of nitrogens with zero attached hydrogens (tertiary/aromatic N) is 1. The van der Waals surface area contributed by atoms with Gasteiger partial charge in [-0.2, -0.15) is 0 Å². The molecule has 0 rings (SSSR count). The molecule has 0 aromatic rings. The molecule has 0 aromatic carbocycles. The van der Waals surface area contributed by atoms with Crippen molar-refractivity contribution in [3.05, 3.63) is 0 Å². The standard InChI is InChI=1S/C10H24IN2/c1-3-5-6-7-8-9-11-13(4-2)10-12/h3-10,12H2,1-2H3/q-1. The summed E-state index contributed by atoms with van der Waals surface area (Å²) >= 11 is 0.245. The maximum atomic E-state index is 5.60. The van der Waals surface area contributed by atoms with Crippen LogP contribution in [0.4, 0.5) is 0 Å². The van der Waals surface area contributed by atoms with E-state index in [1.165, 1.54) is 36.5 Å². The Morgan fingerprint density at radius 3 is 2.31 bits per heavy atom. The molecule has 0 amide bonds. The third kappa shape index (κ3) is 8.97. The van der Waals surface area contributed by atoms with Crippen LogP contribution < -0.4 is 27.2 Å². The predicted molar refractivity (Wildman–Crippen MR) is 55.1 cm³/mol. The van der Waals surface area contributed by atoms with E-state index < -0.39 is 0 Å². The topological polar surface area (TPSA) is 29.3 Å². The number of nitrogens with two attached hydrogens (primary N) is 1. The van der Waals surface area contributed by atoms with Gasteiger partial charge in [-0.1, -0.05) is 0 Å². The first-order valence-corrected chi connectivity index (χ1v) is 7.88. The van der Waals surface area contributed by atoms with E-state index in [9.17, 15) is 0 Å². The Morgan fingerprint density at radius 1 is 1.08 bits per heavy atom. The molecule has 2 nitrogen and oxygen atoms in total. The van der Waals surface area contributed by atoms with Crippen LogP contribution in [-0.2, 0) is 0 Å². The first-order chi connectivity index (χ1) is 6.35. The number of alkyl halides is 1. The van der Waals surface area contributed by atoms with Gasteiger partial charge < -0.3 is 0 Å². The van der Waals surface area contributed by atoms with Gasteiger partial charge in [0.15, 0.2) is 0 Å². The summed E-state index contributed by atoms with van der Waals surface area (Å²) in [4.78, 5) is 0. The van der Waals surface area contributed by atoms with E-state index in [1.54, 1.807) is 0 Å². The first-order valence-electron chi connectivity index (χ1n) is 5.39. The van der Waals surface area contributed by atoms with E-state index in [0.29, 0.717) is 0 Å². The predicted octanol–water partition coefficient (Wildman–Crippen LogP) is -0.801. The third-order valence-electron chi connectivity index (χ3n) is 2.03. The quantitative estimate of drug-likeness (QED) is 0.199. The van der Waals surface area contributed by atoms with Gasteiger partial charge in [-0.3, -0.25) is 0 Å². The van der Waals surface area contributed by atoms with Gasteiger partial charge in [-0.25, -0.2) is 0 Å². The molecule has 0 saturated carbocycles. The van der Waals surface area contributed by atoms with Crippen LogP contribution in [0.3, 0.4) is 0 Å². The van der Waals surface area contributed by atoms with Crippen LogP contribution >= 0.6 is 0 Å². The van der Waals surface area contributed by atoms with E-state index in [1.807, 2.05) is 0 Å². The second-order valence-corrected chi connectivity index (χ2v) is 6.31. The molecule has 0 radical (unpaired) electrons. The van der Waals surface area contributed by atoms with Gasteiger partial charge in [0, 0.05) is 0 Å². The molecule has 0 heterocycles. The van der Waals surface area contributed by atoms with Crippen LogP contribution in [0.1, 0.15) is 46.0 Å². The molecular formula is C10H24IN2-. The molecule has 0 atom stereocenters. The molecule has 0 aliphatic rings. The Labute approximate surface area is 93.9 Å². The van der Waals surface area contributed by atoms with Crippen LogP contribution in [0.15, 0.2) is 0 Å². The van der Waals surface area contributed by atoms with Crippen molar-refractivity contribution in [2.24, 2.45) is 5.73 Å². The van der Waals surface area contributed by atoms with Crippen LogP contribution in [0.2, 0.25) is 0 Å². The van der Waals surface area contributed by atoms with Gasteiger partial charge in [0.1, 0.15) is 0 Å². The summed E-state index contributed by atoms with van der Waals surface area (Å²) in [5, 5.41) is 0. The molecule has 0 unspecified atom stereocenters. The molecular weight excluding hydrogens is 275 g/mol. The summed E-state index contributed by atoms with van der Waals surface area (Å²) in [5.41, 5.74) is 5.60. The molecule has 0 saturated heterocycles. The number of hydrogen-bond donors (Lipinski definition) is 1. The summed E-state index contributed by atoms with van der Waals surface area (Å²) in [7, 11) is 0. The van der Waals surface area contributed by atoms with E-state index in [0.717, 1.165) is 13.2 Å². The molecule has 82 valence electrons. The molecule has 3 heteroatoms. The van der Waals surface area contributed by atoms with E-state index in [2.05, 4.69) is 17.0 Å². The van der Waals surface area contributed by atoms with Gasteiger partial charge in [0.2, 0.25) is 0 Å². The van der Waals surface area contributed by atoms with Crippen LogP contribution in [0.5, 0.6) is 0 Å². The molecule has 0 spiro atoms.